The highest BCUT2D eigenvalue weighted by Gasteiger charge is 2.13. The number of rotatable bonds is 6. The van der Waals surface area contributed by atoms with Crippen LogP contribution in [0.3, 0.4) is 0 Å². The molecule has 88 valence electrons. The highest BCUT2D eigenvalue weighted by atomic mass is 16.5. The molecule has 0 bridgehead atoms. The van der Waals surface area contributed by atoms with E-state index < -0.39 is 7.12 Å². The molecular formula is C11H17BO4. The van der Waals surface area contributed by atoms with Crippen molar-refractivity contribution >= 4 is 12.6 Å². The first-order valence-corrected chi connectivity index (χ1v) is 5.41. The Bertz CT molecular complexity index is 328. The van der Waals surface area contributed by atoms with Gasteiger partial charge in [0.2, 0.25) is 0 Å². The van der Waals surface area contributed by atoms with Gasteiger partial charge in [-0.05, 0) is 29.6 Å². The van der Waals surface area contributed by atoms with Crippen molar-refractivity contribution < 1.29 is 19.9 Å². The average Bonchev–Trinajstić information content (AvgIpc) is 2.29. The molecular weight excluding hydrogens is 207 g/mol. The minimum Gasteiger partial charge on any atom is -0.494 e. The third-order valence-electron chi connectivity index (χ3n) is 2.24. The second-order valence-corrected chi connectivity index (χ2v) is 3.64. The Morgan fingerprint density at radius 3 is 2.56 bits per heavy atom. The predicted octanol–water partition coefficient (Wildman–Crippen LogP) is 0.0376. The van der Waals surface area contributed by atoms with Crippen LogP contribution in [0.5, 0.6) is 5.75 Å². The van der Waals surface area contributed by atoms with Crippen molar-refractivity contribution in [3.05, 3.63) is 23.8 Å². The fourth-order valence-corrected chi connectivity index (χ4v) is 1.34. The van der Waals surface area contributed by atoms with Crippen molar-refractivity contribution in [1.29, 1.82) is 0 Å². The summed E-state index contributed by atoms with van der Waals surface area (Å²) in [5.74, 6) is 0.558. The monoisotopic (exact) mass is 224 g/mol. The Kier molecular flexibility index (Phi) is 5.32. The van der Waals surface area contributed by atoms with Crippen molar-refractivity contribution in [2.45, 2.75) is 26.4 Å². The molecule has 0 aliphatic rings. The lowest BCUT2D eigenvalue weighted by Gasteiger charge is -2.09. The topological polar surface area (TPSA) is 69.9 Å². The third kappa shape index (κ3) is 3.85. The predicted molar refractivity (Wildman–Crippen MR) is 62.6 cm³/mol. The number of aliphatic hydroxyl groups is 1. The summed E-state index contributed by atoms with van der Waals surface area (Å²) >= 11 is 0. The smallest absolute Gasteiger partial charge is 0.488 e. The summed E-state index contributed by atoms with van der Waals surface area (Å²) in [6.45, 7) is 2.51. The van der Waals surface area contributed by atoms with Gasteiger partial charge in [-0.25, -0.2) is 0 Å². The molecule has 0 aromatic heterocycles. The van der Waals surface area contributed by atoms with Crippen molar-refractivity contribution in [3.63, 3.8) is 0 Å². The summed E-state index contributed by atoms with van der Waals surface area (Å²) in [6, 6.07) is 4.80. The molecule has 0 radical (unpaired) electrons. The van der Waals surface area contributed by atoms with Crippen molar-refractivity contribution in [1.82, 2.24) is 0 Å². The van der Waals surface area contributed by atoms with Crippen molar-refractivity contribution in [3.8, 4) is 5.75 Å². The lowest BCUT2D eigenvalue weighted by molar-refractivity contribution is 0.278. The molecule has 0 aliphatic heterocycles. The van der Waals surface area contributed by atoms with E-state index in [1.165, 1.54) is 6.07 Å². The molecule has 16 heavy (non-hydrogen) atoms. The first kappa shape index (κ1) is 13.0. The summed E-state index contributed by atoms with van der Waals surface area (Å²) in [5.41, 5.74) is 0.940. The molecule has 5 heteroatoms. The van der Waals surface area contributed by atoms with E-state index in [2.05, 4.69) is 6.92 Å². The van der Waals surface area contributed by atoms with Crippen LogP contribution in [0.4, 0.5) is 0 Å². The van der Waals surface area contributed by atoms with Crippen LogP contribution in [0.15, 0.2) is 18.2 Å². The van der Waals surface area contributed by atoms with Gasteiger partial charge in [0.05, 0.1) is 13.2 Å². The van der Waals surface area contributed by atoms with Gasteiger partial charge in [-0.2, -0.15) is 0 Å². The SMILES string of the molecule is CCCCOc1cc(CO)cc(B(O)O)c1. The van der Waals surface area contributed by atoms with E-state index in [1.807, 2.05) is 0 Å². The molecule has 0 aliphatic carbocycles. The third-order valence-corrected chi connectivity index (χ3v) is 2.24. The molecule has 1 rings (SSSR count). The van der Waals surface area contributed by atoms with Gasteiger partial charge in [0.1, 0.15) is 5.75 Å². The maximum atomic E-state index is 9.06. The van der Waals surface area contributed by atoms with E-state index in [-0.39, 0.29) is 6.61 Å². The van der Waals surface area contributed by atoms with Gasteiger partial charge < -0.3 is 19.9 Å². The summed E-state index contributed by atoms with van der Waals surface area (Å²) in [4.78, 5) is 0. The summed E-state index contributed by atoms with van der Waals surface area (Å²) in [6.07, 6.45) is 1.98. The van der Waals surface area contributed by atoms with Crippen LogP contribution < -0.4 is 10.2 Å². The summed E-state index contributed by atoms with van der Waals surface area (Å²) < 4.78 is 5.45. The second-order valence-electron chi connectivity index (χ2n) is 3.64. The van der Waals surface area contributed by atoms with Crippen molar-refractivity contribution in [2.75, 3.05) is 6.61 Å². The first-order valence-electron chi connectivity index (χ1n) is 5.41. The molecule has 0 heterocycles. The Balaban J connectivity index is 2.78. The van der Waals surface area contributed by atoms with Gasteiger partial charge in [-0.3, -0.25) is 0 Å². The molecule has 1 aromatic rings. The zero-order valence-corrected chi connectivity index (χ0v) is 9.39. The van der Waals surface area contributed by atoms with Crippen LogP contribution in [0.1, 0.15) is 25.3 Å². The van der Waals surface area contributed by atoms with E-state index in [0.717, 1.165) is 12.8 Å². The molecule has 0 spiro atoms. The normalized spacial score (nSPS) is 10.2. The van der Waals surface area contributed by atoms with Gasteiger partial charge in [-0.15, -0.1) is 0 Å². The highest BCUT2D eigenvalue weighted by molar-refractivity contribution is 6.58. The fourth-order valence-electron chi connectivity index (χ4n) is 1.34. The highest BCUT2D eigenvalue weighted by Crippen LogP contribution is 2.12. The van der Waals surface area contributed by atoms with Crippen LogP contribution in [0, 0.1) is 0 Å². The molecule has 0 unspecified atom stereocenters. The van der Waals surface area contributed by atoms with E-state index >= 15 is 0 Å². The summed E-state index contributed by atoms with van der Waals surface area (Å²) in [5, 5.41) is 27.1. The van der Waals surface area contributed by atoms with Crippen LogP contribution in [-0.2, 0) is 6.61 Å². The van der Waals surface area contributed by atoms with Crippen molar-refractivity contribution in [2.24, 2.45) is 0 Å². The molecule has 3 N–H and O–H groups in total. The van der Waals surface area contributed by atoms with Crippen LogP contribution in [-0.4, -0.2) is 28.9 Å². The first-order chi connectivity index (χ1) is 7.67. The molecule has 1 aromatic carbocycles. The molecule has 0 atom stereocenters. The number of hydrogen-bond donors (Lipinski definition) is 3. The lowest BCUT2D eigenvalue weighted by Crippen LogP contribution is -2.30. The average molecular weight is 224 g/mol. The van der Waals surface area contributed by atoms with E-state index in [0.29, 0.717) is 23.4 Å². The molecule has 0 amide bonds. The molecule has 4 nitrogen and oxygen atoms in total. The maximum absolute atomic E-state index is 9.06. The van der Waals surface area contributed by atoms with Gasteiger partial charge >= 0.3 is 7.12 Å². The fraction of sp³-hybridized carbons (Fsp3) is 0.455. The zero-order valence-electron chi connectivity index (χ0n) is 9.39. The molecule has 0 fully saturated rings. The number of benzene rings is 1. The maximum Gasteiger partial charge on any atom is 0.488 e. The van der Waals surface area contributed by atoms with Gasteiger partial charge in [-0.1, -0.05) is 19.4 Å². The van der Waals surface area contributed by atoms with Crippen LogP contribution in [0.2, 0.25) is 0 Å². The Hall–Kier alpha value is -1.04. The van der Waals surface area contributed by atoms with E-state index in [9.17, 15) is 0 Å². The van der Waals surface area contributed by atoms with Crippen LogP contribution >= 0.6 is 0 Å². The quantitative estimate of drug-likeness (QED) is 0.471. The zero-order chi connectivity index (χ0) is 12.0. The summed E-state index contributed by atoms with van der Waals surface area (Å²) in [7, 11) is -1.54. The van der Waals surface area contributed by atoms with Gasteiger partial charge in [0.25, 0.3) is 0 Å². The minimum absolute atomic E-state index is 0.148. The van der Waals surface area contributed by atoms with Gasteiger partial charge in [0.15, 0.2) is 0 Å². The van der Waals surface area contributed by atoms with E-state index in [1.54, 1.807) is 12.1 Å². The minimum atomic E-state index is -1.54. The largest absolute Gasteiger partial charge is 0.494 e. The Morgan fingerprint density at radius 2 is 2.00 bits per heavy atom. The molecule has 0 saturated carbocycles. The second kappa shape index (κ2) is 6.53. The number of unbranched alkanes of at least 4 members (excludes halogenated alkanes) is 1. The number of hydrogen-bond acceptors (Lipinski definition) is 4. The lowest BCUT2D eigenvalue weighted by atomic mass is 9.79. The van der Waals surface area contributed by atoms with Gasteiger partial charge in [0, 0.05) is 0 Å². The number of ether oxygens (including phenoxy) is 1. The number of aliphatic hydroxyl groups excluding tert-OH is 1. The van der Waals surface area contributed by atoms with E-state index in [4.69, 9.17) is 19.9 Å². The Labute approximate surface area is 95.6 Å². The van der Waals surface area contributed by atoms with Crippen LogP contribution in [0.25, 0.3) is 0 Å². The Morgan fingerprint density at radius 1 is 1.25 bits per heavy atom. The molecule has 0 saturated heterocycles. The standard InChI is InChI=1S/C11H17BO4/c1-2-3-4-16-11-6-9(8-13)5-10(7-11)12(14)15/h5-7,13-15H,2-4,8H2,1H3.